The lowest BCUT2D eigenvalue weighted by atomic mass is 9.72. The molecule has 3 aromatic rings. The van der Waals surface area contributed by atoms with Crippen molar-refractivity contribution in [1.29, 1.82) is 0 Å². The SMILES string of the molecule is COc1ccc(C2(C(=O)N3CCC[C@@H]3c3ccnc(-c4cccc(OC)c4)n3)CCOCC2)cc1. The number of carbonyl (C=O) groups is 1. The van der Waals surface area contributed by atoms with E-state index in [0.29, 0.717) is 31.9 Å². The zero-order valence-corrected chi connectivity index (χ0v) is 20.3. The second-order valence-corrected chi connectivity index (χ2v) is 9.12. The first kappa shape index (κ1) is 23.3. The van der Waals surface area contributed by atoms with Gasteiger partial charge in [0.2, 0.25) is 5.91 Å². The van der Waals surface area contributed by atoms with Crippen molar-refractivity contribution in [3.8, 4) is 22.9 Å². The highest BCUT2D eigenvalue weighted by Crippen LogP contribution is 2.42. The van der Waals surface area contributed by atoms with E-state index < -0.39 is 5.41 Å². The van der Waals surface area contributed by atoms with E-state index in [1.54, 1.807) is 20.4 Å². The zero-order chi connectivity index (χ0) is 24.3. The van der Waals surface area contributed by atoms with Gasteiger partial charge in [0.25, 0.3) is 0 Å². The number of methoxy groups -OCH3 is 2. The van der Waals surface area contributed by atoms with Gasteiger partial charge in [-0.2, -0.15) is 0 Å². The van der Waals surface area contributed by atoms with Crippen molar-refractivity contribution in [2.75, 3.05) is 34.0 Å². The zero-order valence-electron chi connectivity index (χ0n) is 20.3. The van der Waals surface area contributed by atoms with Crippen LogP contribution in [0.1, 0.15) is 43.0 Å². The molecule has 0 N–H and O–H groups in total. The minimum Gasteiger partial charge on any atom is -0.497 e. The average Bonchev–Trinajstić information content (AvgIpc) is 3.43. The fraction of sp³-hybridized carbons (Fsp3) is 0.393. The number of aromatic nitrogens is 2. The Hall–Kier alpha value is -3.45. The van der Waals surface area contributed by atoms with Crippen molar-refractivity contribution < 1.29 is 19.0 Å². The van der Waals surface area contributed by atoms with E-state index >= 15 is 0 Å². The Bertz CT molecular complexity index is 1170. The number of rotatable bonds is 6. The number of ether oxygens (including phenoxy) is 3. The van der Waals surface area contributed by atoms with E-state index in [0.717, 1.165) is 47.7 Å². The van der Waals surface area contributed by atoms with Gasteiger partial charge in [-0.05, 0) is 61.6 Å². The van der Waals surface area contributed by atoms with E-state index in [4.69, 9.17) is 19.2 Å². The Labute approximate surface area is 206 Å². The third kappa shape index (κ3) is 4.48. The maximum atomic E-state index is 14.3. The summed E-state index contributed by atoms with van der Waals surface area (Å²) in [5.74, 6) is 2.34. The summed E-state index contributed by atoms with van der Waals surface area (Å²) >= 11 is 0. The predicted molar refractivity (Wildman–Crippen MR) is 132 cm³/mol. The molecule has 1 atom stereocenters. The standard InChI is InChI=1S/C28H31N3O4/c1-33-22-10-8-21(9-11-22)28(13-17-35-18-14-28)27(32)31-16-4-7-25(31)24-12-15-29-26(30-24)20-5-3-6-23(19-20)34-2/h3,5-6,8-12,15,19,25H,4,7,13-14,16-18H2,1-2H3/t25-/m1/s1. The molecule has 0 radical (unpaired) electrons. The van der Waals surface area contributed by atoms with Gasteiger partial charge in [0.1, 0.15) is 11.5 Å². The summed E-state index contributed by atoms with van der Waals surface area (Å²) < 4.78 is 16.4. The minimum absolute atomic E-state index is 0.0761. The molecule has 7 nitrogen and oxygen atoms in total. The van der Waals surface area contributed by atoms with Crippen LogP contribution < -0.4 is 9.47 Å². The molecular weight excluding hydrogens is 442 g/mol. The lowest BCUT2D eigenvalue weighted by molar-refractivity contribution is -0.142. The van der Waals surface area contributed by atoms with E-state index in [1.807, 2.05) is 59.5 Å². The number of benzene rings is 2. The quantitative estimate of drug-likeness (QED) is 0.522. The Morgan fingerprint density at radius 3 is 2.54 bits per heavy atom. The molecule has 0 aliphatic carbocycles. The summed E-state index contributed by atoms with van der Waals surface area (Å²) in [5.41, 5.74) is 2.19. The van der Waals surface area contributed by atoms with Crippen LogP contribution in [-0.4, -0.2) is 54.8 Å². The largest absolute Gasteiger partial charge is 0.497 e. The van der Waals surface area contributed by atoms with Crippen molar-refractivity contribution in [3.63, 3.8) is 0 Å². The molecule has 0 saturated carbocycles. The average molecular weight is 474 g/mol. The highest BCUT2D eigenvalue weighted by atomic mass is 16.5. The van der Waals surface area contributed by atoms with Gasteiger partial charge in [-0.15, -0.1) is 0 Å². The molecule has 35 heavy (non-hydrogen) atoms. The summed E-state index contributed by atoms with van der Waals surface area (Å²) in [6, 6.07) is 17.5. The van der Waals surface area contributed by atoms with Crippen LogP contribution >= 0.6 is 0 Å². The first-order valence-electron chi connectivity index (χ1n) is 12.2. The second-order valence-electron chi connectivity index (χ2n) is 9.12. The van der Waals surface area contributed by atoms with Crippen LogP contribution in [0.2, 0.25) is 0 Å². The molecule has 2 aromatic carbocycles. The lowest BCUT2D eigenvalue weighted by Crippen LogP contribution is -2.49. The lowest BCUT2D eigenvalue weighted by Gasteiger charge is -2.40. The molecule has 1 aromatic heterocycles. The number of nitrogens with zero attached hydrogens (tertiary/aromatic N) is 3. The maximum Gasteiger partial charge on any atom is 0.233 e. The van der Waals surface area contributed by atoms with Crippen LogP contribution in [0.3, 0.4) is 0 Å². The van der Waals surface area contributed by atoms with E-state index in [2.05, 4.69) is 4.98 Å². The van der Waals surface area contributed by atoms with Crippen molar-refractivity contribution in [1.82, 2.24) is 14.9 Å². The Kier molecular flexibility index (Phi) is 6.68. The first-order valence-corrected chi connectivity index (χ1v) is 12.2. The third-order valence-corrected chi connectivity index (χ3v) is 7.26. The summed E-state index contributed by atoms with van der Waals surface area (Å²) in [4.78, 5) is 25.7. The predicted octanol–water partition coefficient (Wildman–Crippen LogP) is 4.57. The molecule has 0 spiro atoms. The topological polar surface area (TPSA) is 73.8 Å². The Morgan fingerprint density at radius 2 is 1.80 bits per heavy atom. The maximum absolute atomic E-state index is 14.3. The third-order valence-electron chi connectivity index (χ3n) is 7.26. The van der Waals surface area contributed by atoms with Gasteiger partial charge in [-0.1, -0.05) is 24.3 Å². The molecule has 5 rings (SSSR count). The van der Waals surface area contributed by atoms with Crippen LogP contribution in [0.15, 0.2) is 60.8 Å². The number of amides is 1. The number of carbonyl (C=O) groups excluding carboxylic acids is 1. The molecule has 182 valence electrons. The highest BCUT2D eigenvalue weighted by Gasteiger charge is 2.47. The monoisotopic (exact) mass is 473 g/mol. The molecule has 2 fully saturated rings. The number of hydrogen-bond acceptors (Lipinski definition) is 6. The number of likely N-dealkylation sites (tertiary alicyclic amines) is 1. The molecule has 0 bridgehead atoms. The van der Waals surface area contributed by atoms with Gasteiger partial charge in [-0.3, -0.25) is 4.79 Å². The minimum atomic E-state index is -0.601. The van der Waals surface area contributed by atoms with Crippen molar-refractivity contribution >= 4 is 5.91 Å². The first-order chi connectivity index (χ1) is 17.1. The smallest absolute Gasteiger partial charge is 0.233 e. The summed E-state index contributed by atoms with van der Waals surface area (Å²) in [5, 5.41) is 0. The highest BCUT2D eigenvalue weighted by molar-refractivity contribution is 5.89. The van der Waals surface area contributed by atoms with E-state index in [9.17, 15) is 4.79 Å². The molecule has 0 unspecified atom stereocenters. The van der Waals surface area contributed by atoms with Gasteiger partial charge >= 0.3 is 0 Å². The summed E-state index contributed by atoms with van der Waals surface area (Å²) in [6.07, 6.45) is 4.95. The van der Waals surface area contributed by atoms with Crippen molar-refractivity contribution in [3.05, 3.63) is 72.1 Å². The van der Waals surface area contributed by atoms with Crippen LogP contribution in [0.25, 0.3) is 11.4 Å². The van der Waals surface area contributed by atoms with Crippen LogP contribution in [0.4, 0.5) is 0 Å². The van der Waals surface area contributed by atoms with Gasteiger partial charge in [-0.25, -0.2) is 9.97 Å². The summed E-state index contributed by atoms with van der Waals surface area (Å²) in [7, 11) is 3.30. The molecule has 2 saturated heterocycles. The van der Waals surface area contributed by atoms with Crippen LogP contribution in [0.5, 0.6) is 11.5 Å². The molecule has 1 amide bonds. The van der Waals surface area contributed by atoms with Crippen molar-refractivity contribution in [2.45, 2.75) is 37.1 Å². The second kappa shape index (κ2) is 10.0. The summed E-state index contributed by atoms with van der Waals surface area (Å²) in [6.45, 7) is 1.87. The molecular formula is C28H31N3O4. The van der Waals surface area contributed by atoms with Gasteiger partial charge < -0.3 is 19.1 Å². The van der Waals surface area contributed by atoms with Crippen molar-refractivity contribution in [2.24, 2.45) is 0 Å². The molecule has 3 heterocycles. The molecule has 2 aliphatic heterocycles. The van der Waals surface area contributed by atoms with Crippen LogP contribution in [-0.2, 0) is 14.9 Å². The number of hydrogen-bond donors (Lipinski definition) is 0. The normalized spacial score (nSPS) is 19.4. The Balaban J connectivity index is 1.47. The van der Waals surface area contributed by atoms with Crippen LogP contribution in [0, 0.1) is 0 Å². The Morgan fingerprint density at radius 1 is 1.03 bits per heavy atom. The fourth-order valence-electron chi connectivity index (χ4n) is 5.31. The fourth-order valence-corrected chi connectivity index (χ4v) is 5.31. The molecule has 7 heteroatoms. The van der Waals surface area contributed by atoms with E-state index in [-0.39, 0.29) is 11.9 Å². The molecule has 2 aliphatic rings. The van der Waals surface area contributed by atoms with Gasteiger partial charge in [0, 0.05) is 31.5 Å². The van der Waals surface area contributed by atoms with Gasteiger partial charge in [0.15, 0.2) is 5.82 Å². The van der Waals surface area contributed by atoms with E-state index in [1.165, 1.54) is 0 Å². The van der Waals surface area contributed by atoms with Gasteiger partial charge in [0.05, 0.1) is 31.4 Å².